The normalized spacial score (nSPS) is 12.3. The minimum Gasteiger partial charge on any atom is -0.480 e. The highest BCUT2D eigenvalue weighted by atomic mass is 35.5. The monoisotopic (exact) mass is 316 g/mol. The lowest BCUT2D eigenvalue weighted by Gasteiger charge is -2.18. The molecule has 2 amide bonds. The molecule has 0 fully saturated rings. The largest absolute Gasteiger partial charge is 0.480 e. The summed E-state index contributed by atoms with van der Waals surface area (Å²) in [6, 6.07) is -1.48. The summed E-state index contributed by atoms with van der Waals surface area (Å²) in [4.78, 5) is 22.8. The standard InChI is InChI=1S/C13H21ClN4O3/c1-5-18-9(10(14)8(4)17-18)6-15-13(21)16-11(7(2)3)12(19)20/h7,11H,5-6H2,1-4H3,(H,19,20)(H2,15,16,21). The first kappa shape index (κ1) is 17.3. The molecule has 1 atom stereocenters. The topological polar surface area (TPSA) is 96.3 Å². The molecule has 3 N–H and O–H groups in total. The number of rotatable bonds is 6. The molecule has 7 nitrogen and oxygen atoms in total. The van der Waals surface area contributed by atoms with Crippen LogP contribution in [0.25, 0.3) is 0 Å². The average molecular weight is 317 g/mol. The summed E-state index contributed by atoms with van der Waals surface area (Å²) in [5.74, 6) is -1.27. The lowest BCUT2D eigenvalue weighted by molar-refractivity contribution is -0.140. The van der Waals surface area contributed by atoms with Gasteiger partial charge in [-0.25, -0.2) is 9.59 Å². The van der Waals surface area contributed by atoms with Crippen molar-refractivity contribution in [3.63, 3.8) is 0 Å². The SMILES string of the molecule is CCn1nc(C)c(Cl)c1CNC(=O)NC(C(=O)O)C(C)C. The minimum atomic E-state index is -1.06. The Morgan fingerprint density at radius 1 is 1.43 bits per heavy atom. The molecule has 8 heteroatoms. The number of aryl methyl sites for hydroxylation is 2. The highest BCUT2D eigenvalue weighted by Gasteiger charge is 2.23. The Balaban J connectivity index is 2.67. The highest BCUT2D eigenvalue weighted by molar-refractivity contribution is 6.31. The Bertz CT molecular complexity index is 528. The van der Waals surface area contributed by atoms with Crippen LogP contribution in [0.2, 0.25) is 5.02 Å². The first-order valence-corrected chi connectivity index (χ1v) is 7.14. The van der Waals surface area contributed by atoms with Gasteiger partial charge >= 0.3 is 12.0 Å². The molecule has 0 bridgehead atoms. The van der Waals surface area contributed by atoms with Crippen LogP contribution >= 0.6 is 11.6 Å². The number of amides is 2. The molecule has 0 aliphatic heterocycles. The van der Waals surface area contributed by atoms with E-state index in [4.69, 9.17) is 16.7 Å². The molecule has 1 rings (SSSR count). The predicted octanol–water partition coefficient (Wildman–Crippen LogP) is 1.77. The molecule has 0 saturated heterocycles. The maximum atomic E-state index is 11.8. The summed E-state index contributed by atoms with van der Waals surface area (Å²) in [5, 5.41) is 18.8. The number of carboxylic acids is 1. The Morgan fingerprint density at radius 2 is 2.05 bits per heavy atom. The van der Waals surface area contributed by atoms with E-state index in [9.17, 15) is 9.59 Å². The van der Waals surface area contributed by atoms with Gasteiger partial charge in [-0.1, -0.05) is 25.4 Å². The van der Waals surface area contributed by atoms with Crippen molar-refractivity contribution in [3.8, 4) is 0 Å². The van der Waals surface area contributed by atoms with Crippen LogP contribution in [0.4, 0.5) is 4.79 Å². The summed E-state index contributed by atoms with van der Waals surface area (Å²) in [7, 11) is 0. The fourth-order valence-electron chi connectivity index (χ4n) is 1.91. The Kier molecular flexibility index (Phi) is 6.02. The van der Waals surface area contributed by atoms with Gasteiger partial charge in [-0.15, -0.1) is 0 Å². The average Bonchev–Trinajstić information content (AvgIpc) is 2.68. The zero-order valence-corrected chi connectivity index (χ0v) is 13.4. The van der Waals surface area contributed by atoms with Crippen molar-refractivity contribution in [2.24, 2.45) is 5.92 Å². The first-order chi connectivity index (χ1) is 9.77. The molecule has 0 spiro atoms. The van der Waals surface area contributed by atoms with E-state index in [1.54, 1.807) is 25.5 Å². The maximum absolute atomic E-state index is 11.8. The molecule has 1 aromatic rings. The molecule has 21 heavy (non-hydrogen) atoms. The van der Waals surface area contributed by atoms with E-state index in [0.29, 0.717) is 23.0 Å². The number of hydrogen-bond acceptors (Lipinski definition) is 3. The highest BCUT2D eigenvalue weighted by Crippen LogP contribution is 2.19. The van der Waals surface area contributed by atoms with Gasteiger partial charge in [0.25, 0.3) is 0 Å². The number of nitrogens with zero attached hydrogens (tertiary/aromatic N) is 2. The Hall–Kier alpha value is -1.76. The fourth-order valence-corrected chi connectivity index (χ4v) is 2.11. The van der Waals surface area contributed by atoms with Crippen molar-refractivity contribution in [1.82, 2.24) is 20.4 Å². The van der Waals surface area contributed by atoms with Gasteiger partial charge in [-0.05, 0) is 19.8 Å². The summed E-state index contributed by atoms with van der Waals surface area (Å²) in [6.45, 7) is 7.99. The number of carboxylic acid groups (broad SMARTS) is 1. The Labute approximate surface area is 128 Å². The minimum absolute atomic E-state index is 0.184. The van der Waals surface area contributed by atoms with Gasteiger partial charge in [-0.2, -0.15) is 5.10 Å². The zero-order valence-electron chi connectivity index (χ0n) is 12.6. The zero-order chi connectivity index (χ0) is 16.2. The molecule has 1 aromatic heterocycles. The van der Waals surface area contributed by atoms with Gasteiger partial charge in [0, 0.05) is 6.54 Å². The fraction of sp³-hybridized carbons (Fsp3) is 0.615. The molecule has 0 aliphatic carbocycles. The third-order valence-electron chi connectivity index (χ3n) is 3.09. The summed E-state index contributed by atoms with van der Waals surface area (Å²) >= 11 is 6.13. The van der Waals surface area contributed by atoms with E-state index in [1.807, 2.05) is 6.92 Å². The van der Waals surface area contributed by atoms with E-state index in [2.05, 4.69) is 15.7 Å². The van der Waals surface area contributed by atoms with E-state index in [-0.39, 0.29) is 12.5 Å². The van der Waals surface area contributed by atoms with Gasteiger partial charge in [-0.3, -0.25) is 4.68 Å². The predicted molar refractivity (Wildman–Crippen MR) is 79.3 cm³/mol. The van der Waals surface area contributed by atoms with Crippen LogP contribution in [0.15, 0.2) is 0 Å². The van der Waals surface area contributed by atoms with Crippen molar-refractivity contribution >= 4 is 23.6 Å². The quantitative estimate of drug-likeness (QED) is 0.745. The smallest absolute Gasteiger partial charge is 0.326 e. The third-order valence-corrected chi connectivity index (χ3v) is 3.58. The van der Waals surface area contributed by atoms with Gasteiger partial charge in [0.15, 0.2) is 0 Å². The molecule has 118 valence electrons. The maximum Gasteiger partial charge on any atom is 0.326 e. The van der Waals surface area contributed by atoms with Crippen LogP contribution in [0, 0.1) is 12.8 Å². The van der Waals surface area contributed by atoms with Gasteiger partial charge in [0.1, 0.15) is 6.04 Å². The summed E-state index contributed by atoms with van der Waals surface area (Å²) < 4.78 is 1.70. The second kappa shape index (κ2) is 7.31. The van der Waals surface area contributed by atoms with Gasteiger partial charge in [0.05, 0.1) is 23.0 Å². The van der Waals surface area contributed by atoms with E-state index >= 15 is 0 Å². The number of aliphatic carboxylic acids is 1. The second-order valence-corrected chi connectivity index (χ2v) is 5.43. The van der Waals surface area contributed by atoms with Crippen molar-refractivity contribution in [1.29, 1.82) is 0 Å². The lowest BCUT2D eigenvalue weighted by Crippen LogP contribution is -2.48. The first-order valence-electron chi connectivity index (χ1n) is 6.76. The summed E-state index contributed by atoms with van der Waals surface area (Å²) in [5.41, 5.74) is 1.39. The van der Waals surface area contributed by atoms with E-state index in [1.165, 1.54) is 0 Å². The number of aromatic nitrogens is 2. The molecule has 0 radical (unpaired) electrons. The molecule has 0 aliphatic rings. The molecular weight excluding hydrogens is 296 g/mol. The molecule has 0 aromatic carbocycles. The van der Waals surface area contributed by atoms with Crippen LogP contribution in [-0.2, 0) is 17.9 Å². The van der Waals surface area contributed by atoms with Crippen LogP contribution in [0.5, 0.6) is 0 Å². The lowest BCUT2D eigenvalue weighted by atomic mass is 10.1. The van der Waals surface area contributed by atoms with Crippen molar-refractivity contribution in [3.05, 3.63) is 16.4 Å². The molecule has 1 heterocycles. The van der Waals surface area contributed by atoms with Crippen molar-refractivity contribution < 1.29 is 14.7 Å². The Morgan fingerprint density at radius 3 is 2.52 bits per heavy atom. The molecular formula is C13H21ClN4O3. The van der Waals surface area contributed by atoms with Crippen molar-refractivity contribution in [2.45, 2.75) is 46.8 Å². The van der Waals surface area contributed by atoms with Gasteiger partial charge < -0.3 is 15.7 Å². The van der Waals surface area contributed by atoms with Crippen LogP contribution in [0.3, 0.4) is 0 Å². The van der Waals surface area contributed by atoms with E-state index < -0.39 is 18.0 Å². The number of carbonyl (C=O) groups excluding carboxylic acids is 1. The third kappa shape index (κ3) is 4.35. The number of halogens is 1. The molecule has 1 unspecified atom stereocenters. The number of carbonyl (C=O) groups is 2. The van der Waals surface area contributed by atoms with Crippen LogP contribution < -0.4 is 10.6 Å². The van der Waals surface area contributed by atoms with Gasteiger partial charge in [0.2, 0.25) is 0 Å². The van der Waals surface area contributed by atoms with Crippen molar-refractivity contribution in [2.75, 3.05) is 0 Å². The van der Waals surface area contributed by atoms with Crippen LogP contribution in [0.1, 0.15) is 32.2 Å². The van der Waals surface area contributed by atoms with Crippen LogP contribution in [-0.4, -0.2) is 32.9 Å². The number of hydrogen-bond donors (Lipinski definition) is 3. The molecule has 0 saturated carbocycles. The second-order valence-electron chi connectivity index (χ2n) is 5.05. The summed E-state index contributed by atoms with van der Waals surface area (Å²) in [6.07, 6.45) is 0. The number of urea groups is 1. The van der Waals surface area contributed by atoms with E-state index in [0.717, 1.165) is 0 Å². The number of nitrogens with one attached hydrogen (secondary N) is 2.